The van der Waals surface area contributed by atoms with Gasteiger partial charge in [-0.15, -0.1) is 0 Å². The van der Waals surface area contributed by atoms with Crippen LogP contribution in [0.25, 0.3) is 0 Å². The van der Waals surface area contributed by atoms with E-state index in [1.54, 1.807) is 12.1 Å². The molecule has 1 aromatic rings. The quantitative estimate of drug-likeness (QED) is 0.682. The Kier molecular flexibility index (Phi) is 4.57. The molecule has 2 rings (SSSR count). The average molecular weight is 292 g/mol. The van der Waals surface area contributed by atoms with Gasteiger partial charge in [0.05, 0.1) is 23.0 Å². The Morgan fingerprint density at radius 1 is 1.38 bits per heavy atom. The van der Waals surface area contributed by atoms with Gasteiger partial charge in [0.25, 0.3) is 5.69 Å². The lowest BCUT2D eigenvalue weighted by Gasteiger charge is -2.30. The van der Waals surface area contributed by atoms with Crippen LogP contribution in [0.4, 0.5) is 5.69 Å². The van der Waals surface area contributed by atoms with Crippen molar-refractivity contribution in [3.63, 3.8) is 0 Å². The molecule has 6 nitrogen and oxygen atoms in total. The standard InChI is InChI=1S/C15H20N2O4/c1-15(2,12-5-7-13(8-6-12)17(19)20)16-14(18)11-4-3-9-21-10-11/h5-8,11H,3-4,9-10H2,1-2H3,(H,16,18)/t11-/m0/s1. The van der Waals surface area contributed by atoms with Gasteiger partial charge in [-0.25, -0.2) is 0 Å². The Morgan fingerprint density at radius 2 is 2.05 bits per heavy atom. The van der Waals surface area contributed by atoms with Gasteiger partial charge >= 0.3 is 0 Å². The molecule has 0 aromatic heterocycles. The smallest absolute Gasteiger partial charge is 0.269 e. The van der Waals surface area contributed by atoms with Gasteiger partial charge in [-0.3, -0.25) is 14.9 Å². The van der Waals surface area contributed by atoms with Crippen molar-refractivity contribution in [1.29, 1.82) is 0 Å². The maximum atomic E-state index is 12.3. The lowest BCUT2D eigenvalue weighted by molar-refractivity contribution is -0.384. The number of hydrogen-bond donors (Lipinski definition) is 1. The summed E-state index contributed by atoms with van der Waals surface area (Å²) in [7, 11) is 0. The minimum atomic E-state index is -0.580. The van der Waals surface area contributed by atoms with E-state index in [-0.39, 0.29) is 17.5 Å². The summed E-state index contributed by atoms with van der Waals surface area (Å²) < 4.78 is 5.33. The third-order valence-electron chi connectivity index (χ3n) is 3.77. The number of non-ortho nitro benzene ring substituents is 1. The van der Waals surface area contributed by atoms with Gasteiger partial charge in [-0.2, -0.15) is 0 Å². The Bertz CT molecular complexity index is 519. The first kappa shape index (κ1) is 15.4. The first-order chi connectivity index (χ1) is 9.90. The van der Waals surface area contributed by atoms with Crippen molar-refractivity contribution in [2.75, 3.05) is 13.2 Å². The number of benzene rings is 1. The number of nitrogens with one attached hydrogen (secondary N) is 1. The molecule has 1 aliphatic heterocycles. The second kappa shape index (κ2) is 6.22. The molecule has 6 heteroatoms. The molecule has 0 spiro atoms. The van der Waals surface area contributed by atoms with Gasteiger partial charge in [0, 0.05) is 18.7 Å². The van der Waals surface area contributed by atoms with Crippen molar-refractivity contribution in [1.82, 2.24) is 5.32 Å². The summed E-state index contributed by atoms with van der Waals surface area (Å²) in [6, 6.07) is 6.26. The Labute approximate surface area is 123 Å². The molecule has 0 bridgehead atoms. The molecule has 0 radical (unpaired) electrons. The molecule has 1 saturated heterocycles. The first-order valence-corrected chi connectivity index (χ1v) is 7.05. The normalized spacial score (nSPS) is 19.0. The van der Waals surface area contributed by atoms with Crippen molar-refractivity contribution >= 4 is 11.6 Å². The minimum absolute atomic E-state index is 0.0296. The zero-order valence-corrected chi connectivity index (χ0v) is 12.3. The van der Waals surface area contributed by atoms with Crippen molar-refractivity contribution in [3.8, 4) is 0 Å². The molecule has 21 heavy (non-hydrogen) atoms. The molecular weight excluding hydrogens is 272 g/mol. The van der Waals surface area contributed by atoms with Gasteiger partial charge in [-0.1, -0.05) is 0 Å². The van der Waals surface area contributed by atoms with Crippen molar-refractivity contribution < 1.29 is 14.5 Å². The molecule has 1 fully saturated rings. The van der Waals surface area contributed by atoms with Gasteiger partial charge < -0.3 is 10.1 Å². The molecule has 1 aromatic carbocycles. The van der Waals surface area contributed by atoms with Crippen molar-refractivity contribution in [2.45, 2.75) is 32.2 Å². The number of rotatable bonds is 4. The summed E-state index contributed by atoms with van der Waals surface area (Å²) in [5.41, 5.74) is 0.295. The van der Waals surface area contributed by atoms with E-state index in [2.05, 4.69) is 5.32 Å². The fourth-order valence-electron chi connectivity index (χ4n) is 2.43. The predicted molar refractivity (Wildman–Crippen MR) is 77.8 cm³/mol. The predicted octanol–water partition coefficient (Wildman–Crippen LogP) is 2.37. The van der Waals surface area contributed by atoms with Crippen LogP contribution < -0.4 is 5.32 Å². The van der Waals surface area contributed by atoms with E-state index in [1.165, 1.54) is 12.1 Å². The highest BCUT2D eigenvalue weighted by Crippen LogP contribution is 2.24. The van der Waals surface area contributed by atoms with Gasteiger partial charge in [0.2, 0.25) is 5.91 Å². The average Bonchev–Trinajstić information content (AvgIpc) is 2.48. The van der Waals surface area contributed by atoms with E-state index in [0.717, 1.165) is 25.0 Å². The highest BCUT2D eigenvalue weighted by Gasteiger charge is 2.28. The van der Waals surface area contributed by atoms with Gasteiger partial charge in [0.1, 0.15) is 0 Å². The molecule has 0 aliphatic carbocycles. The number of hydrogen-bond acceptors (Lipinski definition) is 4. The maximum Gasteiger partial charge on any atom is 0.269 e. The summed E-state index contributed by atoms with van der Waals surface area (Å²) >= 11 is 0. The number of nitrogens with zero attached hydrogens (tertiary/aromatic N) is 1. The number of ether oxygens (including phenoxy) is 1. The van der Waals surface area contributed by atoms with Crippen LogP contribution in [0, 0.1) is 16.0 Å². The second-order valence-electron chi connectivity index (χ2n) is 5.83. The van der Waals surface area contributed by atoms with E-state index < -0.39 is 10.5 Å². The molecule has 1 atom stereocenters. The van der Waals surface area contributed by atoms with Crippen LogP contribution in [0.1, 0.15) is 32.3 Å². The highest BCUT2D eigenvalue weighted by atomic mass is 16.6. The fourth-order valence-corrected chi connectivity index (χ4v) is 2.43. The van der Waals surface area contributed by atoms with E-state index in [4.69, 9.17) is 4.74 Å². The highest BCUT2D eigenvalue weighted by molar-refractivity contribution is 5.79. The van der Waals surface area contributed by atoms with Gasteiger partial charge in [0.15, 0.2) is 0 Å². The molecule has 1 N–H and O–H groups in total. The fraction of sp³-hybridized carbons (Fsp3) is 0.533. The summed E-state index contributed by atoms with van der Waals surface area (Å²) in [5.74, 6) is -0.144. The van der Waals surface area contributed by atoms with Crippen LogP contribution in [0.3, 0.4) is 0 Å². The molecular formula is C15H20N2O4. The zero-order chi connectivity index (χ0) is 15.5. The van der Waals surface area contributed by atoms with E-state index in [1.807, 2.05) is 13.8 Å². The van der Waals surface area contributed by atoms with E-state index in [0.29, 0.717) is 6.61 Å². The second-order valence-corrected chi connectivity index (χ2v) is 5.83. The number of amides is 1. The Hall–Kier alpha value is -1.95. The van der Waals surface area contributed by atoms with Crippen LogP contribution in [0.15, 0.2) is 24.3 Å². The summed E-state index contributed by atoms with van der Waals surface area (Å²) in [4.78, 5) is 22.5. The monoisotopic (exact) mass is 292 g/mol. The van der Waals surface area contributed by atoms with Crippen LogP contribution in [-0.2, 0) is 15.1 Å². The van der Waals surface area contributed by atoms with Crippen LogP contribution >= 0.6 is 0 Å². The van der Waals surface area contributed by atoms with E-state index >= 15 is 0 Å². The number of carbonyl (C=O) groups excluding carboxylic acids is 1. The van der Waals surface area contributed by atoms with Crippen LogP contribution in [0.2, 0.25) is 0 Å². The Morgan fingerprint density at radius 3 is 2.57 bits per heavy atom. The first-order valence-electron chi connectivity index (χ1n) is 7.05. The minimum Gasteiger partial charge on any atom is -0.381 e. The molecule has 114 valence electrons. The molecule has 1 amide bonds. The molecule has 0 saturated carbocycles. The van der Waals surface area contributed by atoms with Crippen LogP contribution in [0.5, 0.6) is 0 Å². The summed E-state index contributed by atoms with van der Waals surface area (Å²) in [6.45, 7) is 4.95. The molecule has 1 heterocycles. The van der Waals surface area contributed by atoms with Crippen molar-refractivity contribution in [2.24, 2.45) is 5.92 Å². The van der Waals surface area contributed by atoms with Crippen molar-refractivity contribution in [3.05, 3.63) is 39.9 Å². The summed E-state index contributed by atoms with van der Waals surface area (Å²) in [6.07, 6.45) is 1.73. The largest absolute Gasteiger partial charge is 0.381 e. The third-order valence-corrected chi connectivity index (χ3v) is 3.77. The van der Waals surface area contributed by atoms with Gasteiger partial charge in [-0.05, 0) is 44.4 Å². The lowest BCUT2D eigenvalue weighted by atomic mass is 9.92. The number of carbonyl (C=O) groups is 1. The number of nitro groups is 1. The lowest BCUT2D eigenvalue weighted by Crippen LogP contribution is -2.45. The maximum absolute atomic E-state index is 12.3. The molecule has 0 unspecified atom stereocenters. The zero-order valence-electron chi connectivity index (χ0n) is 12.3. The topological polar surface area (TPSA) is 81.5 Å². The molecule has 1 aliphatic rings. The Balaban J connectivity index is 2.06. The van der Waals surface area contributed by atoms with Crippen LogP contribution in [-0.4, -0.2) is 24.0 Å². The van der Waals surface area contributed by atoms with E-state index in [9.17, 15) is 14.9 Å². The number of nitro benzene ring substituents is 1. The SMILES string of the molecule is CC(C)(NC(=O)[C@H]1CCCOC1)c1ccc([N+](=O)[O-])cc1. The third kappa shape index (κ3) is 3.78. The summed E-state index contributed by atoms with van der Waals surface area (Å²) in [5, 5.41) is 13.7.